The smallest absolute Gasteiger partial charge is 0.276 e. The lowest BCUT2D eigenvalue weighted by Gasteiger charge is -2.38. The summed E-state index contributed by atoms with van der Waals surface area (Å²) in [5.41, 5.74) is 5.45. The number of nitrogens with one attached hydrogen (secondary N) is 1. The number of rotatable bonds is 2. The van der Waals surface area contributed by atoms with Gasteiger partial charge in [0.15, 0.2) is 5.82 Å². The summed E-state index contributed by atoms with van der Waals surface area (Å²) in [6, 6.07) is 0.0643. The Labute approximate surface area is 98.2 Å². The van der Waals surface area contributed by atoms with E-state index in [4.69, 9.17) is 15.6 Å². The van der Waals surface area contributed by atoms with E-state index in [9.17, 15) is 4.79 Å². The maximum Gasteiger partial charge on any atom is 0.276 e. The summed E-state index contributed by atoms with van der Waals surface area (Å²) >= 11 is 0. The summed E-state index contributed by atoms with van der Waals surface area (Å²) in [4.78, 5) is 19.8. The topological polar surface area (TPSA) is 104 Å². The lowest BCUT2D eigenvalue weighted by molar-refractivity contribution is -0.0105. The second kappa shape index (κ2) is 4.72. The third-order valence-corrected chi connectivity index (χ3v) is 2.85. The third kappa shape index (κ3) is 2.25. The van der Waals surface area contributed by atoms with Crippen LogP contribution in [0.15, 0.2) is 11.1 Å². The van der Waals surface area contributed by atoms with Crippen LogP contribution in [0.4, 0.5) is 11.5 Å². The average Bonchev–Trinajstić information content (AvgIpc) is 2.34. The first-order valence-corrected chi connectivity index (χ1v) is 5.45. The standard InChI is InChI=1S/C10H16N4O3/c1-6-4-17-7(3-15)2-14(6)9-8(11)10(16)13-5-12-9/h5-7,15H,2-4,11H2,1H3,(H,12,13,16). The number of aliphatic hydroxyl groups excluding tert-OH is 1. The van der Waals surface area contributed by atoms with E-state index in [1.165, 1.54) is 6.33 Å². The van der Waals surface area contributed by atoms with Crippen molar-refractivity contribution in [3.63, 3.8) is 0 Å². The molecule has 2 heterocycles. The average molecular weight is 240 g/mol. The number of hydrogen-bond donors (Lipinski definition) is 3. The van der Waals surface area contributed by atoms with E-state index in [1.54, 1.807) is 0 Å². The zero-order valence-corrected chi connectivity index (χ0v) is 9.59. The van der Waals surface area contributed by atoms with Crippen molar-refractivity contribution in [2.75, 3.05) is 30.4 Å². The molecule has 0 aromatic carbocycles. The van der Waals surface area contributed by atoms with E-state index in [0.29, 0.717) is 19.0 Å². The molecule has 0 aliphatic carbocycles. The minimum Gasteiger partial charge on any atom is -0.394 e. The Kier molecular flexibility index (Phi) is 3.30. The fraction of sp³-hybridized carbons (Fsp3) is 0.600. The van der Waals surface area contributed by atoms with E-state index in [-0.39, 0.29) is 30.0 Å². The second-order valence-electron chi connectivity index (χ2n) is 4.11. The molecule has 1 fully saturated rings. The van der Waals surface area contributed by atoms with E-state index in [2.05, 4.69) is 9.97 Å². The van der Waals surface area contributed by atoms with Crippen LogP contribution < -0.4 is 16.2 Å². The maximum atomic E-state index is 11.4. The molecule has 0 bridgehead atoms. The van der Waals surface area contributed by atoms with E-state index in [0.717, 1.165) is 0 Å². The van der Waals surface area contributed by atoms with Gasteiger partial charge in [-0.3, -0.25) is 4.79 Å². The fourth-order valence-corrected chi connectivity index (χ4v) is 1.85. The van der Waals surface area contributed by atoms with Crippen molar-refractivity contribution in [3.8, 4) is 0 Å². The maximum absolute atomic E-state index is 11.4. The van der Waals surface area contributed by atoms with Crippen LogP contribution in [0, 0.1) is 0 Å². The van der Waals surface area contributed by atoms with Crippen molar-refractivity contribution in [3.05, 3.63) is 16.7 Å². The highest BCUT2D eigenvalue weighted by Gasteiger charge is 2.28. The molecule has 1 aliphatic heterocycles. The molecule has 4 N–H and O–H groups in total. The number of morpholine rings is 1. The van der Waals surface area contributed by atoms with Gasteiger partial charge in [-0.25, -0.2) is 4.98 Å². The monoisotopic (exact) mass is 240 g/mol. The summed E-state index contributed by atoms with van der Waals surface area (Å²) in [6.45, 7) is 2.83. The highest BCUT2D eigenvalue weighted by Crippen LogP contribution is 2.22. The predicted molar refractivity (Wildman–Crippen MR) is 62.9 cm³/mol. The molecule has 0 radical (unpaired) electrons. The summed E-state index contributed by atoms with van der Waals surface area (Å²) < 4.78 is 5.42. The van der Waals surface area contributed by atoms with Gasteiger partial charge in [0.25, 0.3) is 5.56 Å². The van der Waals surface area contributed by atoms with Crippen LogP contribution in [0.3, 0.4) is 0 Å². The van der Waals surface area contributed by atoms with Gasteiger partial charge < -0.3 is 25.5 Å². The number of ether oxygens (including phenoxy) is 1. The van der Waals surface area contributed by atoms with Gasteiger partial charge in [0.1, 0.15) is 5.69 Å². The quantitative estimate of drug-likeness (QED) is 0.608. The van der Waals surface area contributed by atoms with Gasteiger partial charge >= 0.3 is 0 Å². The molecule has 2 atom stereocenters. The number of anilines is 2. The Hall–Kier alpha value is -1.60. The van der Waals surface area contributed by atoms with Gasteiger partial charge in [0, 0.05) is 6.54 Å². The number of aromatic amines is 1. The second-order valence-corrected chi connectivity index (χ2v) is 4.11. The van der Waals surface area contributed by atoms with E-state index in [1.807, 2.05) is 11.8 Å². The Morgan fingerprint density at radius 2 is 2.53 bits per heavy atom. The Morgan fingerprint density at radius 1 is 1.76 bits per heavy atom. The molecule has 1 aromatic heterocycles. The number of H-pyrrole nitrogens is 1. The number of nitrogens with zero attached hydrogens (tertiary/aromatic N) is 2. The molecule has 2 unspecified atom stereocenters. The molecule has 1 aromatic rings. The van der Waals surface area contributed by atoms with Gasteiger partial charge in [0.2, 0.25) is 0 Å². The first-order chi connectivity index (χ1) is 8.13. The van der Waals surface area contributed by atoms with Gasteiger partial charge in [-0.1, -0.05) is 0 Å². The number of aromatic nitrogens is 2. The number of hydrogen-bond acceptors (Lipinski definition) is 6. The molecular formula is C10H16N4O3. The molecule has 94 valence electrons. The molecule has 0 amide bonds. The van der Waals surface area contributed by atoms with Crippen molar-refractivity contribution in [1.82, 2.24) is 9.97 Å². The first kappa shape index (κ1) is 11.9. The fourth-order valence-electron chi connectivity index (χ4n) is 1.85. The van der Waals surface area contributed by atoms with Crippen molar-refractivity contribution in [1.29, 1.82) is 0 Å². The summed E-state index contributed by atoms with van der Waals surface area (Å²) in [5, 5.41) is 9.09. The molecule has 1 saturated heterocycles. The molecule has 7 nitrogen and oxygen atoms in total. The summed E-state index contributed by atoms with van der Waals surface area (Å²) in [5.74, 6) is 0.447. The SMILES string of the molecule is CC1COC(CO)CN1c1nc[nH]c(=O)c1N. The number of aliphatic hydroxyl groups is 1. The van der Waals surface area contributed by atoms with Crippen LogP contribution in [-0.2, 0) is 4.74 Å². The Morgan fingerprint density at radius 3 is 3.24 bits per heavy atom. The van der Waals surface area contributed by atoms with Crippen molar-refractivity contribution < 1.29 is 9.84 Å². The first-order valence-electron chi connectivity index (χ1n) is 5.45. The van der Waals surface area contributed by atoms with Crippen LogP contribution in [-0.4, -0.2) is 47.0 Å². The number of nitrogens with two attached hydrogens (primary N) is 1. The minimum atomic E-state index is -0.353. The van der Waals surface area contributed by atoms with Crippen LogP contribution in [0.5, 0.6) is 0 Å². The summed E-state index contributed by atoms with van der Waals surface area (Å²) in [6.07, 6.45) is 1.05. The zero-order chi connectivity index (χ0) is 12.4. The molecular weight excluding hydrogens is 224 g/mol. The highest BCUT2D eigenvalue weighted by atomic mass is 16.5. The molecule has 1 aliphatic rings. The largest absolute Gasteiger partial charge is 0.394 e. The minimum absolute atomic E-state index is 0.0632. The van der Waals surface area contributed by atoms with Gasteiger partial charge in [-0.2, -0.15) is 0 Å². The van der Waals surface area contributed by atoms with Crippen molar-refractivity contribution in [2.45, 2.75) is 19.1 Å². The van der Waals surface area contributed by atoms with Crippen molar-refractivity contribution >= 4 is 11.5 Å². The lowest BCUT2D eigenvalue weighted by Crippen LogP contribution is -2.50. The predicted octanol–water partition coefficient (Wildman–Crippen LogP) is -1.06. The van der Waals surface area contributed by atoms with Crippen LogP contribution in [0.1, 0.15) is 6.92 Å². The highest BCUT2D eigenvalue weighted by molar-refractivity contribution is 5.61. The molecule has 17 heavy (non-hydrogen) atoms. The zero-order valence-electron chi connectivity index (χ0n) is 9.59. The summed E-state index contributed by atoms with van der Waals surface area (Å²) in [7, 11) is 0. The number of nitrogen functional groups attached to an aromatic ring is 1. The molecule has 7 heteroatoms. The van der Waals surface area contributed by atoms with Crippen molar-refractivity contribution in [2.24, 2.45) is 0 Å². The van der Waals surface area contributed by atoms with Gasteiger partial charge in [0.05, 0.1) is 31.7 Å². The van der Waals surface area contributed by atoms with Crippen LogP contribution >= 0.6 is 0 Å². The van der Waals surface area contributed by atoms with Crippen LogP contribution in [0.2, 0.25) is 0 Å². The lowest BCUT2D eigenvalue weighted by atomic mass is 10.2. The molecule has 0 spiro atoms. The van der Waals surface area contributed by atoms with Crippen LogP contribution in [0.25, 0.3) is 0 Å². The Bertz CT molecular complexity index is 447. The van der Waals surface area contributed by atoms with E-state index >= 15 is 0 Å². The van der Waals surface area contributed by atoms with E-state index < -0.39 is 0 Å². The normalized spacial score (nSPS) is 24.9. The molecule has 0 saturated carbocycles. The molecule has 2 rings (SSSR count). The van der Waals surface area contributed by atoms with Gasteiger partial charge in [-0.05, 0) is 6.92 Å². The Balaban J connectivity index is 2.31. The third-order valence-electron chi connectivity index (χ3n) is 2.85. The van der Waals surface area contributed by atoms with Gasteiger partial charge in [-0.15, -0.1) is 0 Å².